The van der Waals surface area contributed by atoms with E-state index in [1.165, 1.54) is 0 Å². The summed E-state index contributed by atoms with van der Waals surface area (Å²) in [6.07, 6.45) is 1.07. The summed E-state index contributed by atoms with van der Waals surface area (Å²) >= 11 is 7.03. The quantitative estimate of drug-likeness (QED) is 0.369. The highest BCUT2D eigenvalue weighted by Crippen LogP contribution is 2.43. The molecule has 1 saturated heterocycles. The van der Waals surface area contributed by atoms with Crippen molar-refractivity contribution in [1.29, 1.82) is 0 Å². The Bertz CT molecular complexity index is 787. The third-order valence-electron chi connectivity index (χ3n) is 4.96. The molecule has 1 aromatic carbocycles. The highest BCUT2D eigenvalue weighted by atomic mass is 79.9. The Kier molecular flexibility index (Phi) is 6.54. The van der Waals surface area contributed by atoms with Crippen LogP contribution in [0.4, 0.5) is 5.69 Å². The summed E-state index contributed by atoms with van der Waals surface area (Å²) in [4.78, 5) is 50.2. The van der Waals surface area contributed by atoms with Gasteiger partial charge in [-0.05, 0) is 37.5 Å². The molecule has 3 rings (SSSR count). The lowest BCUT2D eigenvalue weighted by Crippen LogP contribution is -2.37. The minimum Gasteiger partial charge on any atom is -0.454 e. The number of alkyl halides is 2. The van der Waals surface area contributed by atoms with Crippen molar-refractivity contribution in [2.45, 2.75) is 29.4 Å². The van der Waals surface area contributed by atoms with Crippen molar-refractivity contribution in [3.63, 3.8) is 0 Å². The Morgan fingerprint density at radius 3 is 2.32 bits per heavy atom. The fourth-order valence-corrected chi connectivity index (χ4v) is 4.80. The number of nitrogens with zero attached hydrogens (tertiary/aromatic N) is 1. The summed E-state index contributed by atoms with van der Waals surface area (Å²) in [5, 5.41) is 2.63. The molecule has 0 aromatic heterocycles. The van der Waals surface area contributed by atoms with Gasteiger partial charge in [-0.25, -0.2) is 0 Å². The predicted octanol–water partition coefficient (Wildman–Crippen LogP) is 2.40. The molecule has 1 aliphatic heterocycles. The second-order valence-electron chi connectivity index (χ2n) is 7.06. The van der Waals surface area contributed by atoms with Crippen LogP contribution in [-0.4, -0.2) is 51.4 Å². The van der Waals surface area contributed by atoms with Crippen LogP contribution < -0.4 is 5.32 Å². The van der Waals surface area contributed by atoms with E-state index in [1.807, 2.05) is 13.0 Å². The molecule has 0 unspecified atom stereocenters. The Hall–Kier alpha value is -1.74. The van der Waals surface area contributed by atoms with Crippen LogP contribution in [0.15, 0.2) is 24.3 Å². The number of likely N-dealkylation sites (tertiary alicyclic amines) is 1. The van der Waals surface area contributed by atoms with Gasteiger partial charge in [-0.2, -0.15) is 0 Å². The van der Waals surface area contributed by atoms with Crippen molar-refractivity contribution in [2.24, 2.45) is 11.8 Å². The number of benzene rings is 1. The second-order valence-corrected chi connectivity index (χ2v) is 9.41. The topological polar surface area (TPSA) is 92.8 Å². The van der Waals surface area contributed by atoms with E-state index < -0.39 is 36.9 Å². The summed E-state index contributed by atoms with van der Waals surface area (Å²) in [6, 6.07) is 7.21. The van der Waals surface area contributed by atoms with Crippen molar-refractivity contribution in [3.8, 4) is 0 Å². The lowest BCUT2D eigenvalue weighted by Gasteiger charge is -2.29. The number of carbonyl (C=O) groups is 4. The normalized spacial score (nSPS) is 26.8. The molecule has 1 N–H and O–H groups in total. The number of carbonyl (C=O) groups excluding carboxylic acids is 4. The van der Waals surface area contributed by atoms with Gasteiger partial charge in [-0.3, -0.25) is 24.1 Å². The zero-order valence-electron chi connectivity index (χ0n) is 15.2. The number of esters is 1. The van der Waals surface area contributed by atoms with E-state index in [1.54, 1.807) is 18.2 Å². The second kappa shape index (κ2) is 8.73. The molecule has 4 atom stereocenters. The van der Waals surface area contributed by atoms with Crippen LogP contribution in [0.25, 0.3) is 0 Å². The molecule has 1 aromatic rings. The molecule has 2 aliphatic rings. The van der Waals surface area contributed by atoms with E-state index in [0.717, 1.165) is 10.5 Å². The predicted molar refractivity (Wildman–Crippen MR) is 109 cm³/mol. The van der Waals surface area contributed by atoms with Gasteiger partial charge in [0.25, 0.3) is 5.91 Å². The molecule has 0 spiro atoms. The van der Waals surface area contributed by atoms with Crippen molar-refractivity contribution in [1.82, 2.24) is 4.90 Å². The highest BCUT2D eigenvalue weighted by molar-refractivity contribution is 9.12. The molecule has 1 saturated carbocycles. The van der Waals surface area contributed by atoms with Crippen LogP contribution in [0.3, 0.4) is 0 Å². The Morgan fingerprint density at radius 1 is 1.14 bits per heavy atom. The van der Waals surface area contributed by atoms with Gasteiger partial charge in [0.1, 0.15) is 6.54 Å². The summed E-state index contributed by atoms with van der Waals surface area (Å²) in [5.74, 6) is -2.80. The summed E-state index contributed by atoms with van der Waals surface area (Å²) < 4.78 is 4.94. The molecule has 28 heavy (non-hydrogen) atoms. The zero-order valence-corrected chi connectivity index (χ0v) is 18.4. The van der Waals surface area contributed by atoms with Crippen molar-refractivity contribution >= 4 is 61.2 Å². The van der Waals surface area contributed by atoms with E-state index in [9.17, 15) is 19.2 Å². The monoisotopic (exact) mass is 514 g/mol. The Labute approximate surface area is 179 Å². The minimum absolute atomic E-state index is 0.0997. The molecule has 7 nitrogen and oxygen atoms in total. The molecule has 1 aliphatic carbocycles. The number of fused-ring (bicyclic) bond motifs is 1. The zero-order chi connectivity index (χ0) is 20.4. The maximum atomic E-state index is 12.5. The number of rotatable bonds is 5. The molecular weight excluding hydrogens is 496 g/mol. The van der Waals surface area contributed by atoms with Crippen molar-refractivity contribution in [2.75, 3.05) is 18.5 Å². The van der Waals surface area contributed by atoms with Gasteiger partial charge in [0.15, 0.2) is 6.61 Å². The first-order chi connectivity index (χ1) is 13.3. The molecule has 0 radical (unpaired) electrons. The number of halogens is 2. The van der Waals surface area contributed by atoms with Crippen LogP contribution in [-0.2, 0) is 23.9 Å². The molecule has 3 amide bonds. The Morgan fingerprint density at radius 2 is 1.75 bits per heavy atom. The fourth-order valence-electron chi connectivity index (χ4n) is 3.56. The SMILES string of the molecule is Cc1cccc(NC(=O)COC(=O)CN2C(=O)[C@@H]3C[C@H](Br)[C@@H](Br)C[C@H]3C2=O)c1. The van der Waals surface area contributed by atoms with E-state index in [4.69, 9.17) is 4.74 Å². The van der Waals surface area contributed by atoms with Crippen LogP contribution in [0, 0.1) is 18.8 Å². The van der Waals surface area contributed by atoms with Gasteiger partial charge in [0.05, 0.1) is 11.8 Å². The molecule has 9 heteroatoms. The summed E-state index contributed by atoms with van der Waals surface area (Å²) in [7, 11) is 0. The van der Waals surface area contributed by atoms with Crippen molar-refractivity contribution < 1.29 is 23.9 Å². The highest BCUT2D eigenvalue weighted by Gasteiger charge is 2.52. The maximum absolute atomic E-state index is 12.5. The van der Waals surface area contributed by atoms with E-state index >= 15 is 0 Å². The van der Waals surface area contributed by atoms with Crippen LogP contribution in [0.2, 0.25) is 0 Å². The largest absolute Gasteiger partial charge is 0.454 e. The molecule has 0 bridgehead atoms. The first-order valence-corrected chi connectivity index (χ1v) is 10.7. The number of ether oxygens (including phenoxy) is 1. The number of hydrogen-bond acceptors (Lipinski definition) is 5. The van der Waals surface area contributed by atoms with Crippen LogP contribution in [0.1, 0.15) is 18.4 Å². The van der Waals surface area contributed by atoms with E-state index in [0.29, 0.717) is 18.5 Å². The number of nitrogens with one attached hydrogen (secondary N) is 1. The lowest BCUT2D eigenvalue weighted by molar-refractivity contribution is -0.154. The average Bonchev–Trinajstić information content (AvgIpc) is 2.85. The fraction of sp³-hybridized carbons (Fsp3) is 0.474. The standard InChI is InChI=1S/C19H20Br2N2O5/c1-10-3-2-4-11(5-10)22-16(24)9-28-17(25)8-23-18(26)12-6-14(20)15(21)7-13(12)19(23)27/h2-5,12-15H,6-9H2,1H3,(H,22,24)/t12-,13-,14+,15+/m1/s1. The maximum Gasteiger partial charge on any atom is 0.326 e. The lowest BCUT2D eigenvalue weighted by atomic mass is 9.81. The third-order valence-corrected chi connectivity index (χ3v) is 7.69. The van der Waals surface area contributed by atoms with Gasteiger partial charge < -0.3 is 10.1 Å². The van der Waals surface area contributed by atoms with Crippen LogP contribution in [0.5, 0.6) is 0 Å². The van der Waals surface area contributed by atoms with Gasteiger partial charge in [0.2, 0.25) is 11.8 Å². The smallest absolute Gasteiger partial charge is 0.326 e. The first-order valence-electron chi connectivity index (χ1n) is 8.91. The van der Waals surface area contributed by atoms with E-state index in [-0.39, 0.29) is 21.5 Å². The minimum atomic E-state index is -0.787. The third kappa shape index (κ3) is 4.63. The molecule has 2 fully saturated rings. The number of amides is 3. The number of aryl methyl sites for hydroxylation is 1. The summed E-state index contributed by atoms with van der Waals surface area (Å²) in [6.45, 7) is 0.943. The molecule has 150 valence electrons. The Balaban J connectivity index is 1.51. The first kappa shape index (κ1) is 21.0. The van der Waals surface area contributed by atoms with Gasteiger partial charge in [-0.15, -0.1) is 0 Å². The average molecular weight is 516 g/mol. The summed E-state index contributed by atoms with van der Waals surface area (Å²) in [5.41, 5.74) is 1.59. The molecular formula is C19H20Br2N2O5. The molecule has 1 heterocycles. The van der Waals surface area contributed by atoms with Gasteiger partial charge in [-0.1, -0.05) is 44.0 Å². The number of hydrogen-bond donors (Lipinski definition) is 1. The van der Waals surface area contributed by atoms with E-state index in [2.05, 4.69) is 37.2 Å². The number of anilines is 1. The number of imide groups is 1. The van der Waals surface area contributed by atoms with Gasteiger partial charge in [0, 0.05) is 15.3 Å². The van der Waals surface area contributed by atoms with Crippen molar-refractivity contribution in [3.05, 3.63) is 29.8 Å². The van der Waals surface area contributed by atoms with Gasteiger partial charge >= 0.3 is 5.97 Å². The van der Waals surface area contributed by atoms with Crippen LogP contribution >= 0.6 is 31.9 Å².